The minimum Gasteiger partial charge on any atom is -0.496 e. The van der Waals surface area contributed by atoms with Gasteiger partial charge in [-0.15, -0.1) is 11.3 Å². The Bertz CT molecular complexity index is 560. The first-order valence-electron chi connectivity index (χ1n) is 6.91. The highest BCUT2D eigenvalue weighted by molar-refractivity contribution is 7.09. The summed E-state index contributed by atoms with van der Waals surface area (Å²) in [7, 11) is 0.172. The van der Waals surface area contributed by atoms with Crippen molar-refractivity contribution >= 4 is 23.9 Å². The summed E-state index contributed by atoms with van der Waals surface area (Å²) >= 11 is 1.74. The average Bonchev–Trinajstić information content (AvgIpc) is 2.99. The number of thiophene rings is 1. The van der Waals surface area contributed by atoms with E-state index in [0.29, 0.717) is 12.0 Å². The molecule has 1 heterocycles. The lowest BCUT2D eigenvalue weighted by Gasteiger charge is -2.21. The fourth-order valence-corrected chi connectivity index (χ4v) is 2.97. The highest BCUT2D eigenvalue weighted by Crippen LogP contribution is 2.20. The van der Waals surface area contributed by atoms with Gasteiger partial charge in [0.05, 0.1) is 7.11 Å². The number of rotatable bonds is 7. The smallest absolute Gasteiger partial charge is 0.488 e. The second kappa shape index (κ2) is 7.61. The van der Waals surface area contributed by atoms with E-state index in [9.17, 15) is 10.0 Å². The zero-order valence-corrected chi connectivity index (χ0v) is 13.1. The fraction of sp³-hybridized carbons (Fsp3) is 0.333. The van der Waals surface area contributed by atoms with E-state index in [-0.39, 0.29) is 0 Å². The molecule has 0 bridgehead atoms. The third-order valence-corrected chi connectivity index (χ3v) is 4.26. The van der Waals surface area contributed by atoms with Crippen LogP contribution in [0.15, 0.2) is 35.7 Å². The van der Waals surface area contributed by atoms with Gasteiger partial charge < -0.3 is 14.8 Å². The molecule has 1 aromatic heterocycles. The maximum absolute atomic E-state index is 9.31. The number of nitrogens with zero attached hydrogens (tertiary/aromatic N) is 1. The van der Waals surface area contributed by atoms with E-state index < -0.39 is 7.12 Å². The van der Waals surface area contributed by atoms with Gasteiger partial charge in [-0.3, -0.25) is 4.90 Å². The Hall–Kier alpha value is -1.34. The highest BCUT2D eigenvalue weighted by atomic mass is 32.1. The highest BCUT2D eigenvalue weighted by Gasteiger charge is 2.15. The third kappa shape index (κ3) is 4.31. The van der Waals surface area contributed by atoms with Crippen LogP contribution in [0.4, 0.5) is 0 Å². The summed E-state index contributed by atoms with van der Waals surface area (Å²) in [6.45, 7) is 4.61. The molecule has 0 unspecified atom stereocenters. The van der Waals surface area contributed by atoms with Crippen molar-refractivity contribution < 1.29 is 14.8 Å². The Morgan fingerprint density at radius 2 is 2.05 bits per heavy atom. The standard InChI is InChI=1S/C15H20BNO3S/c1-3-17(11-14-5-4-8-21-14)10-12-9-13(16(18)19)6-7-15(12)20-2/h4-9,18-19H,3,10-11H2,1-2H3. The molecule has 0 radical (unpaired) electrons. The lowest BCUT2D eigenvalue weighted by molar-refractivity contribution is 0.268. The number of benzene rings is 1. The normalized spacial score (nSPS) is 10.9. The molecule has 6 heteroatoms. The third-order valence-electron chi connectivity index (χ3n) is 3.40. The maximum atomic E-state index is 9.31. The van der Waals surface area contributed by atoms with Crippen LogP contribution in [-0.4, -0.2) is 35.7 Å². The molecule has 0 atom stereocenters. The van der Waals surface area contributed by atoms with E-state index in [1.165, 1.54) is 4.88 Å². The van der Waals surface area contributed by atoms with Crippen LogP contribution in [0.5, 0.6) is 5.75 Å². The molecule has 0 aliphatic carbocycles. The maximum Gasteiger partial charge on any atom is 0.488 e. The van der Waals surface area contributed by atoms with Crippen LogP contribution < -0.4 is 10.2 Å². The predicted molar refractivity (Wildman–Crippen MR) is 86.9 cm³/mol. The van der Waals surface area contributed by atoms with E-state index in [1.54, 1.807) is 36.6 Å². The predicted octanol–water partition coefficient (Wildman–Crippen LogP) is 1.46. The molecule has 0 saturated carbocycles. The molecule has 2 aromatic rings. The largest absolute Gasteiger partial charge is 0.496 e. The second-order valence-corrected chi connectivity index (χ2v) is 5.86. The van der Waals surface area contributed by atoms with E-state index in [1.807, 2.05) is 0 Å². The summed E-state index contributed by atoms with van der Waals surface area (Å²) in [5.41, 5.74) is 1.44. The van der Waals surface area contributed by atoms with Crippen molar-refractivity contribution in [3.63, 3.8) is 0 Å². The monoisotopic (exact) mass is 305 g/mol. The van der Waals surface area contributed by atoms with Crippen LogP contribution in [0.2, 0.25) is 0 Å². The van der Waals surface area contributed by atoms with Gasteiger partial charge in [0, 0.05) is 23.5 Å². The van der Waals surface area contributed by atoms with E-state index in [4.69, 9.17) is 4.74 Å². The van der Waals surface area contributed by atoms with Crippen molar-refractivity contribution in [3.05, 3.63) is 46.2 Å². The SMILES string of the molecule is CCN(Cc1cccs1)Cc1cc(B(O)O)ccc1OC. The Kier molecular flexibility index (Phi) is 5.81. The van der Waals surface area contributed by atoms with Gasteiger partial charge in [-0.1, -0.05) is 25.1 Å². The molecule has 0 fully saturated rings. The van der Waals surface area contributed by atoms with Crippen molar-refractivity contribution in [3.8, 4) is 5.75 Å². The minimum absolute atomic E-state index is 0.484. The Balaban J connectivity index is 2.17. The molecule has 0 saturated heterocycles. The first-order chi connectivity index (χ1) is 10.1. The molecule has 21 heavy (non-hydrogen) atoms. The number of hydrogen-bond acceptors (Lipinski definition) is 5. The Labute approximate surface area is 129 Å². The van der Waals surface area contributed by atoms with Crippen LogP contribution >= 0.6 is 11.3 Å². The Morgan fingerprint density at radius 3 is 2.62 bits per heavy atom. The van der Waals surface area contributed by atoms with Crippen molar-refractivity contribution in [2.24, 2.45) is 0 Å². The van der Waals surface area contributed by atoms with Gasteiger partial charge in [-0.05, 0) is 29.5 Å². The average molecular weight is 305 g/mol. The van der Waals surface area contributed by atoms with Crippen molar-refractivity contribution in [1.82, 2.24) is 4.90 Å². The summed E-state index contributed by atoms with van der Waals surface area (Å²) in [6.07, 6.45) is 0. The molecule has 112 valence electrons. The van der Waals surface area contributed by atoms with Crippen molar-refractivity contribution in [2.45, 2.75) is 20.0 Å². The molecule has 4 nitrogen and oxygen atoms in total. The van der Waals surface area contributed by atoms with Gasteiger partial charge >= 0.3 is 7.12 Å². The molecule has 0 aliphatic heterocycles. The Morgan fingerprint density at radius 1 is 1.24 bits per heavy atom. The minimum atomic E-state index is -1.46. The van der Waals surface area contributed by atoms with E-state index >= 15 is 0 Å². The van der Waals surface area contributed by atoms with Crippen LogP contribution in [-0.2, 0) is 13.1 Å². The van der Waals surface area contributed by atoms with Crippen LogP contribution in [0.1, 0.15) is 17.4 Å². The summed E-state index contributed by atoms with van der Waals surface area (Å²) < 4.78 is 5.37. The fourth-order valence-electron chi connectivity index (χ4n) is 2.23. The molecular weight excluding hydrogens is 285 g/mol. The summed E-state index contributed by atoms with van der Waals surface area (Å²) in [4.78, 5) is 3.60. The molecule has 0 aliphatic rings. The lowest BCUT2D eigenvalue weighted by Crippen LogP contribution is -2.31. The number of hydrogen-bond donors (Lipinski definition) is 2. The topological polar surface area (TPSA) is 52.9 Å². The summed E-state index contributed by atoms with van der Waals surface area (Å²) in [6, 6.07) is 9.42. The summed E-state index contributed by atoms with van der Waals surface area (Å²) in [5, 5.41) is 20.7. The lowest BCUT2D eigenvalue weighted by atomic mass is 9.79. The molecular formula is C15H20BNO3S. The molecule has 2 rings (SSSR count). The molecule has 1 aromatic carbocycles. The first kappa shape index (κ1) is 16.0. The van der Waals surface area contributed by atoms with Crippen LogP contribution in [0.3, 0.4) is 0 Å². The number of methoxy groups -OCH3 is 1. The number of ether oxygens (including phenoxy) is 1. The van der Waals surface area contributed by atoms with Gasteiger partial charge in [-0.25, -0.2) is 0 Å². The van der Waals surface area contributed by atoms with Crippen molar-refractivity contribution in [1.29, 1.82) is 0 Å². The van der Waals surface area contributed by atoms with E-state index in [0.717, 1.165) is 24.4 Å². The zero-order chi connectivity index (χ0) is 15.2. The first-order valence-corrected chi connectivity index (χ1v) is 7.79. The van der Waals surface area contributed by atoms with Gasteiger partial charge in [0.15, 0.2) is 0 Å². The molecule has 2 N–H and O–H groups in total. The van der Waals surface area contributed by atoms with Gasteiger partial charge in [-0.2, -0.15) is 0 Å². The zero-order valence-electron chi connectivity index (χ0n) is 12.3. The molecule has 0 spiro atoms. The summed E-state index contributed by atoms with van der Waals surface area (Å²) in [5.74, 6) is 0.768. The van der Waals surface area contributed by atoms with Gasteiger partial charge in [0.2, 0.25) is 0 Å². The van der Waals surface area contributed by atoms with Crippen LogP contribution in [0, 0.1) is 0 Å². The second-order valence-electron chi connectivity index (χ2n) is 4.83. The van der Waals surface area contributed by atoms with Gasteiger partial charge in [0.1, 0.15) is 5.75 Å². The van der Waals surface area contributed by atoms with Gasteiger partial charge in [0.25, 0.3) is 0 Å². The van der Waals surface area contributed by atoms with E-state index in [2.05, 4.69) is 29.3 Å². The van der Waals surface area contributed by atoms with Crippen molar-refractivity contribution in [2.75, 3.05) is 13.7 Å². The molecule has 0 amide bonds. The van der Waals surface area contributed by atoms with Crippen LogP contribution in [0.25, 0.3) is 0 Å². The quantitative estimate of drug-likeness (QED) is 0.761.